The molecule has 1 amide bonds. The van der Waals surface area contributed by atoms with E-state index in [1.807, 2.05) is 0 Å². The molecule has 0 saturated carbocycles. The van der Waals surface area contributed by atoms with Crippen LogP contribution in [0, 0.1) is 0 Å². The summed E-state index contributed by atoms with van der Waals surface area (Å²) in [7, 11) is 0. The lowest BCUT2D eigenvalue weighted by Gasteiger charge is -2.10. The van der Waals surface area contributed by atoms with Gasteiger partial charge >= 0.3 is 0 Å². The highest BCUT2D eigenvalue weighted by atomic mass is 32.1. The quantitative estimate of drug-likeness (QED) is 0.854. The highest BCUT2D eigenvalue weighted by Crippen LogP contribution is 2.33. The Hall–Kier alpha value is -1.73. The molecule has 7 heteroatoms. The van der Waals surface area contributed by atoms with E-state index in [0.717, 1.165) is 48.9 Å². The van der Waals surface area contributed by atoms with E-state index in [0.29, 0.717) is 25.2 Å². The second-order valence-electron chi connectivity index (χ2n) is 6.84. The van der Waals surface area contributed by atoms with Crippen molar-refractivity contribution >= 4 is 27.5 Å². The Morgan fingerprint density at radius 3 is 3.04 bits per heavy atom. The van der Waals surface area contributed by atoms with Gasteiger partial charge < -0.3 is 15.0 Å². The van der Waals surface area contributed by atoms with Crippen LogP contribution in [0.25, 0.3) is 10.2 Å². The number of ether oxygens (including phenoxy) is 1. The van der Waals surface area contributed by atoms with Crippen LogP contribution in [0.2, 0.25) is 0 Å². The van der Waals surface area contributed by atoms with Gasteiger partial charge in [-0.05, 0) is 44.1 Å². The number of aromatic amines is 1. The number of aryl methyl sites for hydroxylation is 3. The van der Waals surface area contributed by atoms with Gasteiger partial charge in [0.05, 0.1) is 11.5 Å². The number of nitrogens with one attached hydrogen (secondary N) is 2. The number of amides is 1. The van der Waals surface area contributed by atoms with Crippen molar-refractivity contribution in [1.29, 1.82) is 0 Å². The van der Waals surface area contributed by atoms with Crippen LogP contribution < -0.4 is 10.9 Å². The predicted octanol–water partition coefficient (Wildman–Crippen LogP) is 2.09. The van der Waals surface area contributed by atoms with E-state index >= 15 is 0 Å². The highest BCUT2D eigenvalue weighted by Gasteiger charge is 2.20. The number of hydrogen-bond donors (Lipinski definition) is 2. The predicted molar refractivity (Wildman–Crippen MR) is 97.2 cm³/mol. The number of hydrogen-bond acceptors (Lipinski definition) is 5. The second-order valence-corrected chi connectivity index (χ2v) is 7.93. The molecule has 2 aliphatic rings. The number of H-pyrrole nitrogens is 1. The molecule has 0 radical (unpaired) electrons. The zero-order valence-electron chi connectivity index (χ0n) is 14.2. The van der Waals surface area contributed by atoms with Gasteiger partial charge in [0.1, 0.15) is 10.7 Å². The zero-order valence-corrected chi connectivity index (χ0v) is 15.0. The number of carbonyl (C=O) groups excluding carboxylic acids is 1. The average molecular weight is 361 g/mol. The third kappa shape index (κ3) is 3.62. The Kier molecular flexibility index (Phi) is 4.85. The molecule has 0 aromatic carbocycles. The molecule has 0 unspecified atom stereocenters. The molecule has 2 aromatic heterocycles. The Morgan fingerprint density at radius 2 is 2.20 bits per heavy atom. The van der Waals surface area contributed by atoms with Crippen molar-refractivity contribution in [1.82, 2.24) is 15.3 Å². The molecule has 0 spiro atoms. The lowest BCUT2D eigenvalue weighted by molar-refractivity contribution is -0.121. The number of aromatic nitrogens is 2. The third-order valence-electron chi connectivity index (χ3n) is 5.01. The molecule has 4 rings (SSSR count). The highest BCUT2D eigenvalue weighted by molar-refractivity contribution is 7.18. The SMILES string of the molecule is O=C(CCc1nc2sc3c(c2c(=O)[nH]1)CCCC3)NC[C@@H]1CCCO1. The van der Waals surface area contributed by atoms with Crippen molar-refractivity contribution in [2.45, 2.75) is 57.5 Å². The molecular formula is C18H23N3O3S. The summed E-state index contributed by atoms with van der Waals surface area (Å²) in [4.78, 5) is 34.1. The molecule has 134 valence electrons. The summed E-state index contributed by atoms with van der Waals surface area (Å²) >= 11 is 1.64. The maximum atomic E-state index is 12.5. The van der Waals surface area contributed by atoms with Gasteiger partial charge in [0.25, 0.3) is 5.56 Å². The normalized spacial score (nSPS) is 19.9. The van der Waals surface area contributed by atoms with Crippen molar-refractivity contribution in [3.63, 3.8) is 0 Å². The van der Waals surface area contributed by atoms with Crippen LogP contribution in [0.3, 0.4) is 0 Å². The molecule has 6 nitrogen and oxygen atoms in total. The van der Waals surface area contributed by atoms with Crippen molar-refractivity contribution in [3.05, 3.63) is 26.6 Å². The number of thiophene rings is 1. The first-order valence-corrected chi connectivity index (χ1v) is 9.94. The van der Waals surface area contributed by atoms with E-state index in [1.54, 1.807) is 11.3 Å². The standard InChI is InChI=1S/C18H23N3O3S/c22-15(19-10-11-4-3-9-24-11)8-7-14-20-17(23)16-12-5-1-2-6-13(12)25-18(16)21-14/h11H,1-10H2,(H,19,22)(H,20,21,23)/t11-/m0/s1. The van der Waals surface area contributed by atoms with Crippen molar-refractivity contribution in [2.24, 2.45) is 0 Å². The Labute approximate surface area is 150 Å². The smallest absolute Gasteiger partial charge is 0.259 e. The molecule has 1 aliphatic carbocycles. The van der Waals surface area contributed by atoms with Crippen LogP contribution in [0.4, 0.5) is 0 Å². The molecule has 3 heterocycles. The fourth-order valence-corrected chi connectivity index (χ4v) is 4.96. The minimum Gasteiger partial charge on any atom is -0.376 e. The average Bonchev–Trinajstić information content (AvgIpc) is 3.25. The van der Waals surface area contributed by atoms with E-state index in [4.69, 9.17) is 4.74 Å². The van der Waals surface area contributed by atoms with E-state index in [2.05, 4.69) is 15.3 Å². The third-order valence-corrected chi connectivity index (χ3v) is 6.20. The van der Waals surface area contributed by atoms with Crippen molar-refractivity contribution < 1.29 is 9.53 Å². The van der Waals surface area contributed by atoms with Crippen molar-refractivity contribution in [2.75, 3.05) is 13.2 Å². The van der Waals surface area contributed by atoms with Crippen molar-refractivity contribution in [3.8, 4) is 0 Å². The number of carbonyl (C=O) groups is 1. The zero-order chi connectivity index (χ0) is 17.2. The summed E-state index contributed by atoms with van der Waals surface area (Å²) in [6.45, 7) is 1.36. The Bertz CT molecular complexity index is 836. The number of rotatable bonds is 5. The van der Waals surface area contributed by atoms with Crippen LogP contribution >= 0.6 is 11.3 Å². The van der Waals surface area contributed by atoms with Crippen LogP contribution in [-0.4, -0.2) is 35.1 Å². The molecule has 0 bridgehead atoms. The minimum absolute atomic E-state index is 0.0243. The van der Waals surface area contributed by atoms with Gasteiger partial charge in [0.15, 0.2) is 0 Å². The van der Waals surface area contributed by atoms with Crippen LogP contribution in [0.1, 0.15) is 48.4 Å². The van der Waals surface area contributed by atoms with Gasteiger partial charge in [-0.25, -0.2) is 4.98 Å². The largest absolute Gasteiger partial charge is 0.376 e. The molecule has 2 aromatic rings. The number of nitrogens with zero attached hydrogens (tertiary/aromatic N) is 1. The van der Waals surface area contributed by atoms with Gasteiger partial charge in [0, 0.05) is 30.9 Å². The minimum atomic E-state index is -0.0563. The Morgan fingerprint density at radius 1 is 1.32 bits per heavy atom. The summed E-state index contributed by atoms with van der Waals surface area (Å²) in [5, 5.41) is 3.67. The first kappa shape index (κ1) is 16.7. The van der Waals surface area contributed by atoms with Gasteiger partial charge in [-0.15, -0.1) is 11.3 Å². The fraction of sp³-hybridized carbons (Fsp3) is 0.611. The lowest BCUT2D eigenvalue weighted by atomic mass is 9.97. The number of fused-ring (bicyclic) bond motifs is 3. The molecule has 2 N–H and O–H groups in total. The van der Waals surface area contributed by atoms with Gasteiger partial charge in [-0.2, -0.15) is 0 Å². The molecule has 1 atom stereocenters. The first-order chi connectivity index (χ1) is 12.2. The van der Waals surface area contributed by atoms with Gasteiger partial charge in [0.2, 0.25) is 5.91 Å². The van der Waals surface area contributed by atoms with E-state index in [1.165, 1.54) is 16.9 Å². The molecule has 1 saturated heterocycles. The molecule has 25 heavy (non-hydrogen) atoms. The maximum Gasteiger partial charge on any atom is 0.259 e. The Balaban J connectivity index is 1.41. The molecule has 1 fully saturated rings. The summed E-state index contributed by atoms with van der Waals surface area (Å²) in [6, 6.07) is 0. The summed E-state index contributed by atoms with van der Waals surface area (Å²) < 4.78 is 5.50. The molecule has 1 aliphatic heterocycles. The topological polar surface area (TPSA) is 84.1 Å². The summed E-state index contributed by atoms with van der Waals surface area (Å²) in [6.07, 6.45) is 7.36. The van der Waals surface area contributed by atoms with Gasteiger partial charge in [-0.1, -0.05) is 0 Å². The first-order valence-electron chi connectivity index (χ1n) is 9.12. The second kappa shape index (κ2) is 7.25. The van der Waals surface area contributed by atoms with Crippen LogP contribution in [0.15, 0.2) is 4.79 Å². The monoisotopic (exact) mass is 361 g/mol. The summed E-state index contributed by atoms with van der Waals surface area (Å²) in [5.41, 5.74) is 1.14. The van der Waals surface area contributed by atoms with Crippen LogP contribution in [-0.2, 0) is 28.8 Å². The van der Waals surface area contributed by atoms with Gasteiger partial charge in [-0.3, -0.25) is 9.59 Å². The lowest BCUT2D eigenvalue weighted by Crippen LogP contribution is -2.32. The van der Waals surface area contributed by atoms with E-state index in [-0.39, 0.29) is 17.6 Å². The van der Waals surface area contributed by atoms with E-state index < -0.39 is 0 Å². The maximum absolute atomic E-state index is 12.5. The summed E-state index contributed by atoms with van der Waals surface area (Å²) in [5.74, 6) is 0.576. The van der Waals surface area contributed by atoms with E-state index in [9.17, 15) is 9.59 Å². The van der Waals surface area contributed by atoms with Crippen LogP contribution in [0.5, 0.6) is 0 Å². The molecular weight excluding hydrogens is 338 g/mol. The fourth-order valence-electron chi connectivity index (χ4n) is 3.68.